The molecule has 1 heterocycles. The van der Waals surface area contributed by atoms with Crippen LogP contribution in [0.4, 0.5) is 0 Å². The Hall–Kier alpha value is -0.0800. The molecule has 0 spiro atoms. The highest BCUT2D eigenvalue weighted by molar-refractivity contribution is 4.85. The van der Waals surface area contributed by atoms with Crippen molar-refractivity contribution < 1.29 is 0 Å². The molecule has 1 aliphatic heterocycles. The maximum atomic E-state index is 3.47. The zero-order valence-corrected chi connectivity index (χ0v) is 10.3. The molecular formula is C13H26N2. The Morgan fingerprint density at radius 1 is 1.13 bits per heavy atom. The summed E-state index contributed by atoms with van der Waals surface area (Å²) in [5, 5.41) is 3.47. The largest absolute Gasteiger partial charge is 0.315 e. The fraction of sp³-hybridized carbons (Fsp3) is 1.00. The topological polar surface area (TPSA) is 15.3 Å². The molecule has 15 heavy (non-hydrogen) atoms. The van der Waals surface area contributed by atoms with Crippen molar-refractivity contribution >= 4 is 0 Å². The van der Waals surface area contributed by atoms with Crippen LogP contribution >= 0.6 is 0 Å². The number of likely N-dealkylation sites (N-methyl/N-ethyl adjacent to an activating group) is 1. The number of hydrogen-bond acceptors (Lipinski definition) is 2. The fourth-order valence-corrected chi connectivity index (χ4v) is 3.27. The molecule has 88 valence electrons. The summed E-state index contributed by atoms with van der Waals surface area (Å²) in [6.45, 7) is 4.86. The van der Waals surface area contributed by atoms with E-state index in [-0.39, 0.29) is 0 Å². The molecule has 2 unspecified atom stereocenters. The standard InChI is InChI=1S/C13H26N2/c1-11(12-6-4-3-5-7-12)15(2)13-8-9-14-10-13/h11-14H,3-10H2,1-2H3. The molecule has 1 saturated heterocycles. The molecule has 2 aliphatic rings. The highest BCUT2D eigenvalue weighted by atomic mass is 15.2. The Kier molecular flexibility index (Phi) is 4.04. The molecule has 2 atom stereocenters. The van der Waals surface area contributed by atoms with Gasteiger partial charge in [-0.15, -0.1) is 0 Å². The summed E-state index contributed by atoms with van der Waals surface area (Å²) in [6.07, 6.45) is 8.67. The van der Waals surface area contributed by atoms with E-state index < -0.39 is 0 Å². The minimum absolute atomic E-state index is 0.787. The first-order chi connectivity index (χ1) is 7.29. The predicted octanol–water partition coefficient (Wildman–Crippen LogP) is 2.25. The molecule has 2 fully saturated rings. The Morgan fingerprint density at radius 2 is 1.87 bits per heavy atom. The second-order valence-corrected chi connectivity index (χ2v) is 5.45. The normalized spacial score (nSPS) is 31.0. The lowest BCUT2D eigenvalue weighted by molar-refractivity contribution is 0.121. The van der Waals surface area contributed by atoms with Crippen molar-refractivity contribution in [3.05, 3.63) is 0 Å². The monoisotopic (exact) mass is 210 g/mol. The summed E-state index contributed by atoms with van der Waals surface area (Å²) in [6, 6.07) is 1.58. The number of nitrogens with zero attached hydrogens (tertiary/aromatic N) is 1. The van der Waals surface area contributed by atoms with Crippen LogP contribution in [-0.4, -0.2) is 37.1 Å². The van der Waals surface area contributed by atoms with Gasteiger partial charge < -0.3 is 5.32 Å². The molecule has 2 rings (SSSR count). The first-order valence-electron chi connectivity index (χ1n) is 6.71. The van der Waals surface area contributed by atoms with Crippen LogP contribution in [-0.2, 0) is 0 Å². The second kappa shape index (κ2) is 5.31. The summed E-state index contributed by atoms with van der Waals surface area (Å²) < 4.78 is 0. The molecule has 0 aromatic heterocycles. The van der Waals surface area contributed by atoms with Gasteiger partial charge in [0.15, 0.2) is 0 Å². The van der Waals surface area contributed by atoms with Gasteiger partial charge in [-0.1, -0.05) is 19.3 Å². The Morgan fingerprint density at radius 3 is 2.47 bits per heavy atom. The third kappa shape index (κ3) is 2.73. The van der Waals surface area contributed by atoms with Crippen molar-refractivity contribution in [1.82, 2.24) is 10.2 Å². The zero-order valence-electron chi connectivity index (χ0n) is 10.3. The van der Waals surface area contributed by atoms with E-state index >= 15 is 0 Å². The minimum atomic E-state index is 0.787. The first kappa shape index (κ1) is 11.4. The number of rotatable bonds is 3. The summed E-state index contributed by atoms with van der Waals surface area (Å²) >= 11 is 0. The van der Waals surface area contributed by atoms with Crippen molar-refractivity contribution in [3.63, 3.8) is 0 Å². The predicted molar refractivity (Wildman–Crippen MR) is 65.1 cm³/mol. The summed E-state index contributed by atoms with van der Waals surface area (Å²) in [5.41, 5.74) is 0. The van der Waals surface area contributed by atoms with Crippen molar-refractivity contribution in [2.75, 3.05) is 20.1 Å². The van der Waals surface area contributed by atoms with Gasteiger partial charge in [0.1, 0.15) is 0 Å². The van der Waals surface area contributed by atoms with E-state index in [2.05, 4.69) is 24.2 Å². The highest BCUT2D eigenvalue weighted by Crippen LogP contribution is 2.29. The molecule has 0 aromatic rings. The van der Waals surface area contributed by atoms with E-state index in [1.807, 2.05) is 0 Å². The van der Waals surface area contributed by atoms with Gasteiger partial charge >= 0.3 is 0 Å². The molecule has 1 saturated carbocycles. The molecule has 2 nitrogen and oxygen atoms in total. The van der Waals surface area contributed by atoms with Crippen molar-refractivity contribution in [3.8, 4) is 0 Å². The summed E-state index contributed by atoms with van der Waals surface area (Å²) in [7, 11) is 2.33. The fourth-order valence-electron chi connectivity index (χ4n) is 3.27. The van der Waals surface area contributed by atoms with Gasteiger partial charge in [0.05, 0.1) is 0 Å². The molecule has 0 aromatic carbocycles. The number of hydrogen-bond donors (Lipinski definition) is 1. The average Bonchev–Trinajstić information content (AvgIpc) is 2.82. The third-order valence-electron chi connectivity index (χ3n) is 4.58. The van der Waals surface area contributed by atoms with Crippen LogP contribution in [0.1, 0.15) is 45.4 Å². The SMILES string of the molecule is CC(C1CCCCC1)N(C)C1CCNC1. The van der Waals surface area contributed by atoms with Crippen molar-refractivity contribution in [2.45, 2.75) is 57.5 Å². The molecule has 0 bridgehead atoms. The lowest BCUT2D eigenvalue weighted by atomic mass is 9.83. The quantitative estimate of drug-likeness (QED) is 0.768. The van der Waals surface area contributed by atoms with Crippen molar-refractivity contribution in [1.29, 1.82) is 0 Å². The van der Waals surface area contributed by atoms with Crippen LogP contribution in [0.2, 0.25) is 0 Å². The molecule has 0 radical (unpaired) electrons. The average molecular weight is 210 g/mol. The van der Waals surface area contributed by atoms with E-state index in [0.717, 1.165) is 18.0 Å². The summed E-state index contributed by atoms with van der Waals surface area (Å²) in [5.74, 6) is 0.962. The van der Waals surface area contributed by atoms with Crippen LogP contribution < -0.4 is 5.32 Å². The van der Waals surface area contributed by atoms with Crippen molar-refractivity contribution in [2.24, 2.45) is 5.92 Å². The first-order valence-corrected chi connectivity index (χ1v) is 6.71. The summed E-state index contributed by atoms with van der Waals surface area (Å²) in [4.78, 5) is 2.63. The van der Waals surface area contributed by atoms with Crippen LogP contribution in [0.25, 0.3) is 0 Å². The molecule has 2 heteroatoms. The van der Waals surface area contributed by atoms with E-state index in [9.17, 15) is 0 Å². The Labute approximate surface area is 94.4 Å². The smallest absolute Gasteiger partial charge is 0.0232 e. The second-order valence-electron chi connectivity index (χ2n) is 5.45. The van der Waals surface area contributed by atoms with Crippen LogP contribution in [0.3, 0.4) is 0 Å². The van der Waals surface area contributed by atoms with E-state index in [1.165, 1.54) is 51.6 Å². The van der Waals surface area contributed by atoms with Gasteiger partial charge in [0.2, 0.25) is 0 Å². The van der Waals surface area contributed by atoms with Gasteiger partial charge in [0.25, 0.3) is 0 Å². The van der Waals surface area contributed by atoms with Crippen LogP contribution in [0.15, 0.2) is 0 Å². The molecular weight excluding hydrogens is 184 g/mol. The maximum absolute atomic E-state index is 3.47. The van der Waals surface area contributed by atoms with E-state index in [4.69, 9.17) is 0 Å². The third-order valence-corrected chi connectivity index (χ3v) is 4.58. The van der Waals surface area contributed by atoms with Gasteiger partial charge in [0, 0.05) is 18.6 Å². The lowest BCUT2D eigenvalue weighted by Crippen LogP contribution is -2.44. The highest BCUT2D eigenvalue weighted by Gasteiger charge is 2.28. The van der Waals surface area contributed by atoms with E-state index in [0.29, 0.717) is 0 Å². The minimum Gasteiger partial charge on any atom is -0.315 e. The zero-order chi connectivity index (χ0) is 10.7. The number of nitrogens with one attached hydrogen (secondary N) is 1. The maximum Gasteiger partial charge on any atom is 0.0232 e. The van der Waals surface area contributed by atoms with Gasteiger partial charge in [-0.3, -0.25) is 4.90 Å². The van der Waals surface area contributed by atoms with Crippen LogP contribution in [0, 0.1) is 5.92 Å². The molecule has 1 aliphatic carbocycles. The molecule has 1 N–H and O–H groups in total. The lowest BCUT2D eigenvalue weighted by Gasteiger charge is -2.37. The van der Waals surface area contributed by atoms with Crippen LogP contribution in [0.5, 0.6) is 0 Å². The Bertz CT molecular complexity index is 181. The molecule has 0 amide bonds. The van der Waals surface area contributed by atoms with Gasteiger partial charge in [-0.25, -0.2) is 0 Å². The van der Waals surface area contributed by atoms with Gasteiger partial charge in [-0.2, -0.15) is 0 Å². The Balaban J connectivity index is 1.84. The van der Waals surface area contributed by atoms with E-state index in [1.54, 1.807) is 0 Å². The van der Waals surface area contributed by atoms with Gasteiger partial charge in [-0.05, 0) is 45.7 Å².